The lowest BCUT2D eigenvalue weighted by Crippen LogP contribution is -2.45. The summed E-state index contributed by atoms with van der Waals surface area (Å²) in [7, 11) is -2.64. The van der Waals surface area contributed by atoms with E-state index in [1.807, 2.05) is 27.7 Å². The molecular formula is C23H36O8Si. The Morgan fingerprint density at radius 3 is 2.12 bits per heavy atom. The van der Waals surface area contributed by atoms with E-state index in [0.29, 0.717) is 49.9 Å². The number of carboxylic acid groups (broad SMARTS) is 1. The number of rotatable bonds is 17. The Morgan fingerprint density at radius 2 is 1.56 bits per heavy atom. The predicted molar refractivity (Wildman–Crippen MR) is 124 cm³/mol. The van der Waals surface area contributed by atoms with Gasteiger partial charge in [-0.15, -0.1) is 0 Å². The molecule has 1 aromatic rings. The third kappa shape index (κ3) is 10.4. The lowest BCUT2D eigenvalue weighted by atomic mass is 10.2. The zero-order valence-electron chi connectivity index (χ0n) is 19.6. The van der Waals surface area contributed by atoms with E-state index >= 15 is 0 Å². The first kappa shape index (κ1) is 27.8. The van der Waals surface area contributed by atoms with Crippen molar-refractivity contribution in [2.24, 2.45) is 0 Å². The van der Waals surface area contributed by atoms with Crippen LogP contribution in [0.4, 0.5) is 0 Å². The molecule has 0 saturated heterocycles. The van der Waals surface area contributed by atoms with E-state index in [-0.39, 0.29) is 12.4 Å². The second-order valence-corrected chi connectivity index (χ2v) is 9.56. The number of carbonyl (C=O) groups excluding carboxylic acids is 1. The van der Waals surface area contributed by atoms with Gasteiger partial charge in [0.05, 0.1) is 6.61 Å². The summed E-state index contributed by atoms with van der Waals surface area (Å²) in [5.74, 6) is -0.668. The van der Waals surface area contributed by atoms with Crippen molar-refractivity contribution < 1.29 is 37.4 Å². The van der Waals surface area contributed by atoms with Crippen molar-refractivity contribution in [1.82, 2.24) is 0 Å². The quantitative estimate of drug-likeness (QED) is 0.115. The Bertz CT molecular complexity index is 718. The molecule has 32 heavy (non-hydrogen) atoms. The summed E-state index contributed by atoms with van der Waals surface area (Å²) in [6.45, 7) is 9.65. The number of ether oxygens (including phenoxy) is 2. The van der Waals surface area contributed by atoms with Gasteiger partial charge >= 0.3 is 20.7 Å². The van der Waals surface area contributed by atoms with E-state index in [0.717, 1.165) is 25.0 Å². The molecule has 0 saturated carbocycles. The minimum atomic E-state index is -2.64. The van der Waals surface area contributed by atoms with E-state index in [9.17, 15) is 9.59 Å². The van der Waals surface area contributed by atoms with Crippen LogP contribution in [0.2, 0.25) is 6.04 Å². The number of aliphatic carboxylic acids is 1. The molecule has 0 radical (unpaired) electrons. The maximum atomic E-state index is 12.3. The van der Waals surface area contributed by atoms with Gasteiger partial charge in [-0.05, 0) is 64.3 Å². The van der Waals surface area contributed by atoms with Crippen LogP contribution in [0.3, 0.4) is 0 Å². The molecule has 0 aromatic heterocycles. The van der Waals surface area contributed by atoms with Gasteiger partial charge in [0.1, 0.15) is 0 Å². The Hall–Kier alpha value is -2.20. The van der Waals surface area contributed by atoms with E-state index < -0.39 is 14.8 Å². The minimum absolute atomic E-state index is 0.276. The molecular weight excluding hydrogens is 432 g/mol. The first-order valence-corrected chi connectivity index (χ1v) is 13.1. The molecule has 0 aliphatic rings. The Morgan fingerprint density at radius 1 is 0.906 bits per heavy atom. The molecule has 1 N–H and O–H groups in total. The first-order valence-electron chi connectivity index (χ1n) is 11.2. The molecule has 0 aliphatic carbocycles. The third-order valence-corrected chi connectivity index (χ3v) is 7.52. The summed E-state index contributed by atoms with van der Waals surface area (Å²) in [5, 5.41) is 8.76. The van der Waals surface area contributed by atoms with Crippen LogP contribution in [-0.2, 0) is 22.9 Å². The van der Waals surface area contributed by atoms with Crippen LogP contribution in [0.25, 0.3) is 6.08 Å². The van der Waals surface area contributed by atoms with Gasteiger partial charge < -0.3 is 27.9 Å². The lowest BCUT2D eigenvalue weighted by molar-refractivity contribution is -0.134. The Labute approximate surface area is 191 Å². The van der Waals surface area contributed by atoms with Gasteiger partial charge in [0.25, 0.3) is 0 Å². The van der Waals surface area contributed by atoms with E-state index in [4.69, 9.17) is 27.9 Å². The van der Waals surface area contributed by atoms with Crippen LogP contribution in [0, 0.1) is 0 Å². The fourth-order valence-corrected chi connectivity index (χ4v) is 5.80. The summed E-state index contributed by atoms with van der Waals surface area (Å²) in [4.78, 5) is 23.0. The molecule has 0 atom stereocenters. The molecule has 8 nitrogen and oxygen atoms in total. The van der Waals surface area contributed by atoms with Crippen molar-refractivity contribution in [2.45, 2.75) is 59.4 Å². The average Bonchev–Trinajstić information content (AvgIpc) is 2.74. The number of esters is 1. The Balaban J connectivity index is 2.57. The molecule has 1 rings (SSSR count). The highest BCUT2D eigenvalue weighted by Crippen LogP contribution is 2.29. The van der Waals surface area contributed by atoms with Crippen molar-refractivity contribution in [3.63, 3.8) is 0 Å². The molecule has 0 bridgehead atoms. The standard InChI is InChI=1S/C23H36O8Si/c1-5-27-21-18-19(14-16-22(24)25)13-15-20(21)31-23(26)12-10-9-11-17-32(28-6-2,29-7-3)30-8-4/h13-16,18H,5-12,17H2,1-4H3,(H,24,25). The summed E-state index contributed by atoms with van der Waals surface area (Å²) in [6, 6.07) is 5.64. The predicted octanol–water partition coefficient (Wildman–Crippen LogP) is 4.70. The smallest absolute Gasteiger partial charge is 0.490 e. The van der Waals surface area contributed by atoms with Gasteiger partial charge in [-0.3, -0.25) is 4.79 Å². The highest BCUT2D eigenvalue weighted by Gasteiger charge is 2.39. The molecule has 0 spiro atoms. The number of hydrogen-bond acceptors (Lipinski definition) is 7. The highest BCUT2D eigenvalue weighted by atomic mass is 28.4. The molecule has 1 aromatic carbocycles. The summed E-state index contributed by atoms with van der Waals surface area (Å²) in [5.41, 5.74) is 0.640. The molecule has 9 heteroatoms. The fraction of sp³-hybridized carbons (Fsp3) is 0.565. The van der Waals surface area contributed by atoms with Crippen molar-refractivity contribution in [3.8, 4) is 11.5 Å². The fourth-order valence-electron chi connectivity index (χ4n) is 3.11. The molecule has 0 aliphatic heterocycles. The van der Waals surface area contributed by atoms with Crippen LogP contribution >= 0.6 is 0 Å². The van der Waals surface area contributed by atoms with E-state index in [1.54, 1.807) is 18.2 Å². The van der Waals surface area contributed by atoms with Crippen molar-refractivity contribution in [3.05, 3.63) is 29.8 Å². The topological polar surface area (TPSA) is 101 Å². The van der Waals surface area contributed by atoms with Crippen molar-refractivity contribution >= 4 is 26.8 Å². The second-order valence-electron chi connectivity index (χ2n) is 6.83. The number of hydrogen-bond donors (Lipinski definition) is 1. The highest BCUT2D eigenvalue weighted by molar-refractivity contribution is 6.60. The maximum Gasteiger partial charge on any atom is 0.500 e. The number of carbonyl (C=O) groups is 2. The zero-order chi connectivity index (χ0) is 23.8. The molecule has 0 heterocycles. The second kappa shape index (κ2) is 15.6. The maximum absolute atomic E-state index is 12.3. The number of benzene rings is 1. The van der Waals surface area contributed by atoms with Crippen molar-refractivity contribution in [2.75, 3.05) is 26.4 Å². The van der Waals surface area contributed by atoms with E-state index in [1.165, 1.54) is 6.08 Å². The Kier molecular flexibility index (Phi) is 13.5. The van der Waals surface area contributed by atoms with Crippen molar-refractivity contribution in [1.29, 1.82) is 0 Å². The normalized spacial score (nSPS) is 11.6. The van der Waals surface area contributed by atoms with Crippen LogP contribution in [-0.4, -0.2) is 52.3 Å². The van der Waals surface area contributed by atoms with Crippen LogP contribution in [0.1, 0.15) is 58.9 Å². The molecule has 0 fully saturated rings. The van der Waals surface area contributed by atoms with E-state index in [2.05, 4.69) is 0 Å². The SMILES string of the molecule is CCOc1cc(C=CC(=O)O)ccc1OC(=O)CCCCC[Si](OCC)(OCC)OCC. The number of carboxylic acids is 1. The van der Waals surface area contributed by atoms with Gasteiger partial charge in [0.2, 0.25) is 0 Å². The van der Waals surface area contributed by atoms with Gasteiger partial charge in [-0.1, -0.05) is 12.5 Å². The summed E-state index contributed by atoms with van der Waals surface area (Å²) >= 11 is 0. The molecule has 180 valence electrons. The first-order chi connectivity index (χ1) is 15.4. The van der Waals surface area contributed by atoms with Crippen LogP contribution in [0.5, 0.6) is 11.5 Å². The molecule has 0 amide bonds. The largest absolute Gasteiger partial charge is 0.500 e. The monoisotopic (exact) mass is 468 g/mol. The zero-order valence-corrected chi connectivity index (χ0v) is 20.6. The summed E-state index contributed by atoms with van der Waals surface area (Å²) < 4.78 is 28.5. The lowest BCUT2D eigenvalue weighted by Gasteiger charge is -2.28. The molecule has 0 unspecified atom stereocenters. The number of unbranched alkanes of at least 4 members (excludes halogenated alkanes) is 2. The minimum Gasteiger partial charge on any atom is -0.490 e. The van der Waals surface area contributed by atoms with Gasteiger partial charge in [-0.25, -0.2) is 4.79 Å². The summed E-state index contributed by atoms with van der Waals surface area (Å²) in [6.07, 6.45) is 5.11. The van der Waals surface area contributed by atoms with Crippen LogP contribution in [0.15, 0.2) is 24.3 Å². The average molecular weight is 469 g/mol. The third-order valence-electron chi connectivity index (χ3n) is 4.37. The van der Waals surface area contributed by atoms with Crippen LogP contribution < -0.4 is 9.47 Å². The van der Waals surface area contributed by atoms with Gasteiger partial charge in [-0.2, -0.15) is 0 Å². The van der Waals surface area contributed by atoms with Gasteiger partial charge in [0.15, 0.2) is 11.5 Å². The van der Waals surface area contributed by atoms with Gasteiger partial charge in [0, 0.05) is 38.4 Å².